The number of carbonyl (C=O) groups excluding carboxylic acids is 1. The number of carbonyl (C=O) groups is 1. The monoisotopic (exact) mass is 362 g/mol. The average molecular weight is 363 g/mol. The summed E-state index contributed by atoms with van der Waals surface area (Å²) in [6.07, 6.45) is 2.11. The van der Waals surface area contributed by atoms with E-state index in [2.05, 4.69) is 6.92 Å². The maximum absolute atomic E-state index is 12.7. The molecule has 0 unspecified atom stereocenters. The first kappa shape index (κ1) is 17.0. The van der Waals surface area contributed by atoms with Crippen LogP contribution in [-0.4, -0.2) is 19.7 Å². The van der Waals surface area contributed by atoms with E-state index in [0.29, 0.717) is 11.6 Å². The summed E-state index contributed by atoms with van der Waals surface area (Å²) >= 11 is 7.34. The van der Waals surface area contributed by atoms with Crippen LogP contribution in [-0.2, 0) is 0 Å². The highest BCUT2D eigenvalue weighted by atomic mass is 35.5. The molecule has 0 atom stereocenters. The van der Waals surface area contributed by atoms with Gasteiger partial charge in [-0.25, -0.2) is 9.10 Å². The highest BCUT2D eigenvalue weighted by molar-refractivity contribution is 8.01. The fourth-order valence-corrected chi connectivity index (χ4v) is 3.55. The van der Waals surface area contributed by atoms with Crippen molar-refractivity contribution in [2.24, 2.45) is 0 Å². The Kier molecular flexibility index (Phi) is 5.21. The molecule has 4 nitrogen and oxygen atoms in total. The first-order valence-corrected chi connectivity index (χ1v) is 9.03. The lowest BCUT2D eigenvalue weighted by Crippen LogP contribution is -2.40. The molecule has 1 aliphatic heterocycles. The van der Waals surface area contributed by atoms with Crippen LogP contribution in [0.2, 0.25) is 5.02 Å². The molecular formula is C18H19ClN2O2S. The minimum Gasteiger partial charge on any atom is -0.494 e. The van der Waals surface area contributed by atoms with Gasteiger partial charge < -0.3 is 4.74 Å². The third kappa shape index (κ3) is 3.47. The van der Waals surface area contributed by atoms with Crippen molar-refractivity contribution in [1.29, 1.82) is 0 Å². The van der Waals surface area contributed by atoms with Crippen LogP contribution in [0.4, 0.5) is 16.2 Å². The molecule has 3 rings (SSSR count). The zero-order chi connectivity index (χ0) is 17.1. The Balaban J connectivity index is 1.85. The molecule has 0 radical (unpaired) electrons. The Morgan fingerprint density at radius 1 is 1.17 bits per heavy atom. The molecule has 0 fully saturated rings. The molecule has 126 valence electrons. The van der Waals surface area contributed by atoms with E-state index in [4.69, 9.17) is 16.3 Å². The lowest BCUT2D eigenvalue weighted by Gasteiger charge is -2.33. The zero-order valence-corrected chi connectivity index (χ0v) is 15.2. The second kappa shape index (κ2) is 7.36. The highest BCUT2D eigenvalue weighted by Crippen LogP contribution is 2.42. The Bertz CT molecular complexity index is 736. The van der Waals surface area contributed by atoms with Crippen LogP contribution in [0.5, 0.6) is 5.75 Å². The van der Waals surface area contributed by atoms with Gasteiger partial charge in [-0.05, 0) is 54.8 Å². The number of amides is 2. The van der Waals surface area contributed by atoms with Crippen LogP contribution in [0.15, 0.2) is 47.4 Å². The van der Waals surface area contributed by atoms with Gasteiger partial charge in [0, 0.05) is 18.1 Å². The van der Waals surface area contributed by atoms with Gasteiger partial charge in [0.25, 0.3) is 0 Å². The minimum absolute atomic E-state index is 0.0967. The minimum atomic E-state index is -0.0967. The van der Waals surface area contributed by atoms with Crippen molar-refractivity contribution in [2.75, 3.05) is 22.9 Å². The predicted octanol–water partition coefficient (Wildman–Crippen LogP) is 5.60. The van der Waals surface area contributed by atoms with Crippen LogP contribution in [0.25, 0.3) is 0 Å². The summed E-state index contributed by atoms with van der Waals surface area (Å²) in [5, 5.41) is 0.649. The maximum atomic E-state index is 12.7. The Morgan fingerprint density at radius 3 is 2.62 bits per heavy atom. The number of unbranched alkanes of at least 4 members (excludes halogenated alkanes) is 1. The third-order valence-corrected chi connectivity index (χ3v) is 5.11. The number of hydrogen-bond donors (Lipinski definition) is 0. The van der Waals surface area contributed by atoms with E-state index >= 15 is 0 Å². The molecule has 24 heavy (non-hydrogen) atoms. The summed E-state index contributed by atoms with van der Waals surface area (Å²) in [7, 11) is 1.78. The topological polar surface area (TPSA) is 32.8 Å². The molecule has 2 amide bonds. The first-order valence-electron chi connectivity index (χ1n) is 7.88. The van der Waals surface area contributed by atoms with Crippen molar-refractivity contribution in [3.8, 4) is 5.75 Å². The molecule has 1 heterocycles. The number of urea groups is 1. The van der Waals surface area contributed by atoms with Gasteiger partial charge in [-0.2, -0.15) is 0 Å². The molecule has 0 saturated heterocycles. The molecule has 2 aromatic carbocycles. The number of nitrogens with zero attached hydrogens (tertiary/aromatic N) is 2. The SMILES string of the molecule is CCCCOc1ccc2c(c1)N(C)C(=O)N(c1ccc(Cl)cc1)S2. The zero-order valence-electron chi connectivity index (χ0n) is 13.7. The van der Waals surface area contributed by atoms with Crippen LogP contribution < -0.4 is 13.9 Å². The van der Waals surface area contributed by atoms with E-state index in [1.807, 2.05) is 30.3 Å². The van der Waals surface area contributed by atoms with Crippen molar-refractivity contribution in [2.45, 2.75) is 24.7 Å². The van der Waals surface area contributed by atoms with E-state index < -0.39 is 0 Å². The molecule has 0 N–H and O–H groups in total. The number of rotatable bonds is 5. The van der Waals surface area contributed by atoms with Gasteiger partial charge in [-0.15, -0.1) is 0 Å². The largest absolute Gasteiger partial charge is 0.494 e. The van der Waals surface area contributed by atoms with Crippen molar-refractivity contribution < 1.29 is 9.53 Å². The van der Waals surface area contributed by atoms with Gasteiger partial charge in [-0.3, -0.25) is 4.90 Å². The van der Waals surface area contributed by atoms with Crippen molar-refractivity contribution >= 4 is 41.0 Å². The van der Waals surface area contributed by atoms with Crippen LogP contribution in [0, 0.1) is 0 Å². The number of hydrogen-bond acceptors (Lipinski definition) is 3. The van der Waals surface area contributed by atoms with Gasteiger partial charge in [0.05, 0.1) is 22.9 Å². The van der Waals surface area contributed by atoms with E-state index in [1.54, 1.807) is 28.4 Å². The lowest BCUT2D eigenvalue weighted by atomic mass is 10.2. The molecule has 0 aliphatic carbocycles. The standard InChI is InChI=1S/C18H19ClN2O2S/c1-3-4-11-23-15-9-10-17-16(12-15)20(2)18(22)21(24-17)14-7-5-13(19)6-8-14/h5-10,12H,3-4,11H2,1-2H3. The normalized spacial score (nSPS) is 13.9. The summed E-state index contributed by atoms with van der Waals surface area (Å²) in [6, 6.07) is 13.0. The lowest BCUT2D eigenvalue weighted by molar-refractivity contribution is 0.255. The van der Waals surface area contributed by atoms with Crippen molar-refractivity contribution in [1.82, 2.24) is 0 Å². The van der Waals surface area contributed by atoms with E-state index in [0.717, 1.165) is 34.9 Å². The van der Waals surface area contributed by atoms with E-state index in [1.165, 1.54) is 11.9 Å². The van der Waals surface area contributed by atoms with E-state index in [9.17, 15) is 4.79 Å². The summed E-state index contributed by atoms with van der Waals surface area (Å²) in [5.74, 6) is 0.794. The summed E-state index contributed by atoms with van der Waals surface area (Å²) in [4.78, 5) is 15.4. The number of ether oxygens (including phenoxy) is 1. The number of anilines is 2. The Morgan fingerprint density at radius 2 is 1.92 bits per heavy atom. The Hall–Kier alpha value is -1.85. The van der Waals surface area contributed by atoms with Crippen molar-refractivity contribution in [3.63, 3.8) is 0 Å². The summed E-state index contributed by atoms with van der Waals surface area (Å²) in [5.41, 5.74) is 1.67. The average Bonchev–Trinajstić information content (AvgIpc) is 2.59. The summed E-state index contributed by atoms with van der Waals surface area (Å²) in [6.45, 7) is 2.82. The molecule has 0 spiro atoms. The number of fused-ring (bicyclic) bond motifs is 1. The summed E-state index contributed by atoms with van der Waals surface area (Å²) < 4.78 is 7.41. The van der Waals surface area contributed by atoms with Crippen molar-refractivity contribution in [3.05, 3.63) is 47.5 Å². The number of halogens is 1. The van der Waals surface area contributed by atoms with Crippen LogP contribution in [0.3, 0.4) is 0 Å². The molecule has 6 heteroatoms. The fraction of sp³-hybridized carbons (Fsp3) is 0.278. The molecule has 2 aromatic rings. The maximum Gasteiger partial charge on any atom is 0.339 e. The number of benzene rings is 2. The molecule has 1 aliphatic rings. The predicted molar refractivity (Wildman–Crippen MR) is 100 cm³/mol. The fourth-order valence-electron chi connectivity index (χ4n) is 2.38. The Labute approximate surface area is 151 Å². The van der Waals surface area contributed by atoms with Crippen LogP contribution >= 0.6 is 23.5 Å². The molecule has 0 bridgehead atoms. The molecule has 0 aromatic heterocycles. The van der Waals surface area contributed by atoms with E-state index in [-0.39, 0.29) is 6.03 Å². The van der Waals surface area contributed by atoms with Gasteiger partial charge in [0.1, 0.15) is 5.75 Å². The highest BCUT2D eigenvalue weighted by Gasteiger charge is 2.30. The van der Waals surface area contributed by atoms with Gasteiger partial charge in [-0.1, -0.05) is 24.9 Å². The first-order chi connectivity index (χ1) is 11.6. The van der Waals surface area contributed by atoms with Gasteiger partial charge >= 0.3 is 6.03 Å². The van der Waals surface area contributed by atoms with Gasteiger partial charge in [0.15, 0.2) is 0 Å². The van der Waals surface area contributed by atoms with Gasteiger partial charge in [0.2, 0.25) is 0 Å². The second-order valence-electron chi connectivity index (χ2n) is 5.54. The third-order valence-electron chi connectivity index (χ3n) is 3.77. The molecule has 0 saturated carbocycles. The quantitative estimate of drug-likeness (QED) is 0.512. The van der Waals surface area contributed by atoms with Crippen LogP contribution in [0.1, 0.15) is 19.8 Å². The second-order valence-corrected chi connectivity index (χ2v) is 6.96. The molecular weight excluding hydrogens is 344 g/mol. The smallest absolute Gasteiger partial charge is 0.339 e.